The molecule has 4 unspecified atom stereocenters. The molecule has 3 aliphatic rings. The van der Waals surface area contributed by atoms with Crippen LogP contribution in [0.4, 0.5) is 0 Å². The molecule has 0 radical (unpaired) electrons. The number of hydrogen-bond donors (Lipinski definition) is 0. The second kappa shape index (κ2) is 9.75. The lowest BCUT2D eigenvalue weighted by atomic mass is 9.83. The minimum Gasteiger partial charge on any atom is -0.465 e. The van der Waals surface area contributed by atoms with Gasteiger partial charge in [0, 0.05) is 0 Å². The predicted octanol–water partition coefficient (Wildman–Crippen LogP) is 4.37. The Labute approximate surface area is 156 Å². The van der Waals surface area contributed by atoms with Gasteiger partial charge in [0.05, 0.1) is 25.0 Å². The first kappa shape index (κ1) is 18.9. The molecule has 0 aromatic heterocycles. The molecule has 4 nitrogen and oxygen atoms in total. The first-order chi connectivity index (χ1) is 12.7. The summed E-state index contributed by atoms with van der Waals surface area (Å²) in [5.74, 6) is -0.477. The van der Waals surface area contributed by atoms with Gasteiger partial charge in [0.15, 0.2) is 0 Å². The molecule has 0 heterocycles. The molecule has 0 amide bonds. The average molecular weight is 358 g/mol. The number of esters is 2. The summed E-state index contributed by atoms with van der Waals surface area (Å²) < 4.78 is 11.1. The number of carbonyl (C=O) groups excluding carboxylic acids is 2. The lowest BCUT2D eigenvalue weighted by molar-refractivity contribution is -0.162. The van der Waals surface area contributed by atoms with Crippen LogP contribution in [0.25, 0.3) is 0 Å². The van der Waals surface area contributed by atoms with Crippen LogP contribution in [0.5, 0.6) is 0 Å². The summed E-state index contributed by atoms with van der Waals surface area (Å²) >= 11 is 0. The van der Waals surface area contributed by atoms with Gasteiger partial charge in [-0.15, -0.1) is 0 Å². The van der Waals surface area contributed by atoms with Crippen LogP contribution in [-0.4, -0.2) is 25.2 Å². The minimum atomic E-state index is -0.405. The summed E-state index contributed by atoms with van der Waals surface area (Å²) in [7, 11) is 0. The highest BCUT2D eigenvalue weighted by Crippen LogP contribution is 2.29. The highest BCUT2D eigenvalue weighted by molar-refractivity contribution is 5.82. The van der Waals surface area contributed by atoms with Crippen molar-refractivity contribution in [2.45, 2.75) is 51.4 Å². The van der Waals surface area contributed by atoms with Crippen LogP contribution in [0, 0.1) is 23.7 Å². The van der Waals surface area contributed by atoms with Gasteiger partial charge in [0.25, 0.3) is 0 Å². The summed E-state index contributed by atoms with van der Waals surface area (Å²) in [6.45, 7) is 0.916. The Morgan fingerprint density at radius 1 is 0.654 bits per heavy atom. The molecule has 0 saturated heterocycles. The van der Waals surface area contributed by atoms with Crippen LogP contribution in [0.2, 0.25) is 0 Å². The molecule has 3 aliphatic carbocycles. The van der Waals surface area contributed by atoms with Gasteiger partial charge in [0.2, 0.25) is 0 Å². The Morgan fingerprint density at radius 2 is 1.08 bits per heavy atom. The van der Waals surface area contributed by atoms with Gasteiger partial charge in [-0.25, -0.2) is 0 Å². The second-order valence-electron chi connectivity index (χ2n) is 7.72. The highest BCUT2D eigenvalue weighted by atomic mass is 16.5. The van der Waals surface area contributed by atoms with E-state index in [0.29, 0.717) is 37.9 Å². The molecular weight excluding hydrogens is 328 g/mol. The first-order valence-corrected chi connectivity index (χ1v) is 10.0. The Morgan fingerprint density at radius 3 is 1.46 bits per heavy atom. The molecular formula is C22H30O4. The Kier molecular flexibility index (Phi) is 7.10. The highest BCUT2D eigenvalue weighted by Gasteiger charge is 2.36. The zero-order valence-electron chi connectivity index (χ0n) is 15.5. The average Bonchev–Trinajstić information content (AvgIpc) is 2.72. The maximum absolute atomic E-state index is 12.6. The van der Waals surface area contributed by atoms with Crippen molar-refractivity contribution >= 4 is 11.9 Å². The van der Waals surface area contributed by atoms with E-state index in [1.165, 1.54) is 0 Å². The van der Waals surface area contributed by atoms with Crippen molar-refractivity contribution in [1.29, 1.82) is 0 Å². The smallest absolute Gasteiger partial charge is 0.310 e. The van der Waals surface area contributed by atoms with E-state index in [4.69, 9.17) is 9.47 Å². The van der Waals surface area contributed by atoms with Crippen molar-refractivity contribution < 1.29 is 19.1 Å². The molecule has 4 atom stereocenters. The maximum atomic E-state index is 12.6. The van der Waals surface area contributed by atoms with Gasteiger partial charge in [-0.3, -0.25) is 9.59 Å². The summed E-state index contributed by atoms with van der Waals surface area (Å²) in [4.78, 5) is 25.1. The van der Waals surface area contributed by atoms with E-state index in [1.807, 2.05) is 12.2 Å². The van der Waals surface area contributed by atoms with Crippen molar-refractivity contribution in [3.8, 4) is 0 Å². The minimum absolute atomic E-state index is 0.244. The van der Waals surface area contributed by atoms with Crippen LogP contribution < -0.4 is 0 Å². The zero-order valence-corrected chi connectivity index (χ0v) is 15.5. The normalized spacial score (nSPS) is 30.8. The van der Waals surface area contributed by atoms with Crippen molar-refractivity contribution in [2.75, 3.05) is 13.2 Å². The Balaban J connectivity index is 1.48. The van der Waals surface area contributed by atoms with Crippen molar-refractivity contribution in [3.05, 3.63) is 36.5 Å². The fourth-order valence-electron chi connectivity index (χ4n) is 3.96. The number of allylic oxidation sites excluding steroid dienone is 6. The topological polar surface area (TPSA) is 52.6 Å². The molecule has 0 N–H and O–H groups in total. The van der Waals surface area contributed by atoms with Gasteiger partial charge < -0.3 is 9.47 Å². The summed E-state index contributed by atoms with van der Waals surface area (Å²) in [5, 5.41) is 0. The molecule has 0 bridgehead atoms. The predicted molar refractivity (Wildman–Crippen MR) is 100 cm³/mol. The molecule has 0 aliphatic heterocycles. The number of carbonyl (C=O) groups is 2. The van der Waals surface area contributed by atoms with E-state index in [-0.39, 0.29) is 11.9 Å². The van der Waals surface area contributed by atoms with Crippen LogP contribution in [0.3, 0.4) is 0 Å². The largest absolute Gasteiger partial charge is 0.465 e. The van der Waals surface area contributed by atoms with Gasteiger partial charge in [-0.05, 0) is 63.2 Å². The summed E-state index contributed by atoms with van der Waals surface area (Å²) in [6, 6.07) is 0. The molecule has 0 aromatic rings. The summed E-state index contributed by atoms with van der Waals surface area (Å²) in [6.07, 6.45) is 19.9. The molecule has 0 saturated carbocycles. The molecule has 3 rings (SSSR count). The molecule has 4 heteroatoms. The number of hydrogen-bond acceptors (Lipinski definition) is 4. The van der Waals surface area contributed by atoms with Gasteiger partial charge in [-0.1, -0.05) is 36.5 Å². The van der Waals surface area contributed by atoms with E-state index in [1.54, 1.807) is 0 Å². The SMILES string of the molecule is O=C(OCC1CC=CCC1)C1CC=CCC1C(=O)OCC1CC=CCC1. The van der Waals surface area contributed by atoms with E-state index >= 15 is 0 Å². The maximum Gasteiger partial charge on any atom is 0.310 e. The van der Waals surface area contributed by atoms with Crippen LogP contribution in [0.15, 0.2) is 36.5 Å². The van der Waals surface area contributed by atoms with E-state index < -0.39 is 11.8 Å². The third kappa shape index (κ3) is 5.33. The van der Waals surface area contributed by atoms with Crippen molar-refractivity contribution in [1.82, 2.24) is 0 Å². The van der Waals surface area contributed by atoms with Gasteiger partial charge >= 0.3 is 11.9 Å². The molecule has 0 spiro atoms. The molecule has 142 valence electrons. The van der Waals surface area contributed by atoms with Crippen molar-refractivity contribution in [2.24, 2.45) is 23.7 Å². The monoisotopic (exact) mass is 358 g/mol. The Hall–Kier alpha value is -1.84. The van der Waals surface area contributed by atoms with E-state index in [9.17, 15) is 9.59 Å². The molecule has 26 heavy (non-hydrogen) atoms. The number of rotatable bonds is 6. The zero-order chi connectivity index (χ0) is 18.2. The fourth-order valence-corrected chi connectivity index (χ4v) is 3.96. The number of ether oxygens (including phenoxy) is 2. The molecule has 0 aromatic carbocycles. The molecule has 0 fully saturated rings. The van der Waals surface area contributed by atoms with Crippen LogP contribution in [0.1, 0.15) is 51.4 Å². The van der Waals surface area contributed by atoms with Crippen molar-refractivity contribution in [3.63, 3.8) is 0 Å². The lowest BCUT2D eigenvalue weighted by Gasteiger charge is -2.27. The van der Waals surface area contributed by atoms with E-state index in [2.05, 4.69) is 24.3 Å². The second-order valence-corrected chi connectivity index (χ2v) is 7.72. The quantitative estimate of drug-likeness (QED) is 0.523. The van der Waals surface area contributed by atoms with E-state index in [0.717, 1.165) is 38.5 Å². The third-order valence-corrected chi connectivity index (χ3v) is 5.72. The van der Waals surface area contributed by atoms with Crippen LogP contribution in [-0.2, 0) is 19.1 Å². The summed E-state index contributed by atoms with van der Waals surface area (Å²) in [5.41, 5.74) is 0. The fraction of sp³-hybridized carbons (Fsp3) is 0.636. The van der Waals surface area contributed by atoms with Crippen LogP contribution >= 0.6 is 0 Å². The standard InChI is InChI=1S/C22H30O4/c23-21(25-15-17-9-3-1-4-10-17)19-13-7-8-14-20(19)22(24)26-16-18-11-5-2-6-12-18/h1-3,5,7-8,17-20H,4,6,9-16H2. The lowest BCUT2D eigenvalue weighted by Crippen LogP contribution is -2.35. The first-order valence-electron chi connectivity index (χ1n) is 10.0. The van der Waals surface area contributed by atoms with Gasteiger partial charge in [0.1, 0.15) is 0 Å². The Bertz CT molecular complexity index is 525. The third-order valence-electron chi connectivity index (χ3n) is 5.72. The van der Waals surface area contributed by atoms with Gasteiger partial charge in [-0.2, -0.15) is 0 Å².